The Hall–Kier alpha value is -1.80. The van der Waals surface area contributed by atoms with Gasteiger partial charge >= 0.3 is 5.97 Å². The highest BCUT2D eigenvalue weighted by molar-refractivity contribution is 6.33. The largest absolute Gasteiger partial charge is 0.422 e. The Labute approximate surface area is 111 Å². The summed E-state index contributed by atoms with van der Waals surface area (Å²) in [4.78, 5) is 12.0. The molecular weight excluding hydrogens is 248 g/mol. The van der Waals surface area contributed by atoms with Crippen LogP contribution in [0.15, 0.2) is 42.5 Å². The first-order valence-electron chi connectivity index (χ1n) is 5.62. The van der Waals surface area contributed by atoms with Crippen LogP contribution in [0.4, 0.5) is 0 Å². The highest BCUT2D eigenvalue weighted by Gasteiger charge is 2.14. The van der Waals surface area contributed by atoms with E-state index in [1.165, 1.54) is 0 Å². The maximum absolute atomic E-state index is 12.0. The number of rotatable bonds is 2. The number of para-hydroxylation sites is 1. The van der Waals surface area contributed by atoms with Gasteiger partial charge in [-0.25, -0.2) is 4.79 Å². The molecule has 0 bridgehead atoms. The number of hydrogen-bond acceptors (Lipinski definition) is 2. The summed E-state index contributed by atoms with van der Waals surface area (Å²) in [6, 6.07) is 12.6. The molecule has 2 nitrogen and oxygen atoms in total. The lowest BCUT2D eigenvalue weighted by Gasteiger charge is -2.10. The van der Waals surface area contributed by atoms with Crippen LogP contribution in [0.25, 0.3) is 0 Å². The second-order valence-corrected chi connectivity index (χ2v) is 4.50. The molecule has 2 aromatic carbocycles. The van der Waals surface area contributed by atoms with Gasteiger partial charge < -0.3 is 4.74 Å². The average Bonchev–Trinajstić information content (AvgIpc) is 2.34. The van der Waals surface area contributed by atoms with Crippen LogP contribution in [0.2, 0.25) is 5.02 Å². The zero-order valence-electron chi connectivity index (χ0n) is 10.2. The van der Waals surface area contributed by atoms with Gasteiger partial charge in [0, 0.05) is 0 Å². The van der Waals surface area contributed by atoms with Crippen LogP contribution >= 0.6 is 11.6 Å². The summed E-state index contributed by atoms with van der Waals surface area (Å²) in [5.41, 5.74) is 2.23. The van der Waals surface area contributed by atoms with Crippen molar-refractivity contribution >= 4 is 17.6 Å². The van der Waals surface area contributed by atoms with Gasteiger partial charge in [0.1, 0.15) is 5.75 Å². The van der Waals surface area contributed by atoms with E-state index < -0.39 is 5.97 Å². The SMILES string of the molecule is Cc1cccc(C)c1OC(=O)c1ccccc1Cl. The van der Waals surface area contributed by atoms with Crippen molar-refractivity contribution in [2.45, 2.75) is 13.8 Å². The minimum atomic E-state index is -0.432. The number of carbonyl (C=O) groups excluding carboxylic acids is 1. The Morgan fingerprint density at radius 3 is 2.22 bits per heavy atom. The first kappa shape index (κ1) is 12.7. The lowest BCUT2D eigenvalue weighted by Crippen LogP contribution is -2.10. The predicted octanol–water partition coefficient (Wildman–Crippen LogP) is 4.18. The topological polar surface area (TPSA) is 26.3 Å². The quantitative estimate of drug-likeness (QED) is 0.598. The van der Waals surface area contributed by atoms with Crippen LogP contribution in [0, 0.1) is 13.8 Å². The number of esters is 1. The molecule has 0 aliphatic heterocycles. The van der Waals surface area contributed by atoms with E-state index in [9.17, 15) is 4.79 Å². The van der Waals surface area contributed by atoms with Gasteiger partial charge in [-0.3, -0.25) is 0 Å². The van der Waals surface area contributed by atoms with Crippen LogP contribution in [0.1, 0.15) is 21.5 Å². The third kappa shape index (κ3) is 2.54. The average molecular weight is 261 g/mol. The maximum Gasteiger partial charge on any atom is 0.345 e. The third-order valence-corrected chi connectivity index (χ3v) is 3.03. The molecule has 18 heavy (non-hydrogen) atoms. The Balaban J connectivity index is 2.30. The normalized spacial score (nSPS) is 10.2. The molecule has 0 atom stereocenters. The molecule has 0 radical (unpaired) electrons. The summed E-state index contributed by atoms with van der Waals surface area (Å²) in [6.07, 6.45) is 0. The molecule has 2 aromatic rings. The van der Waals surface area contributed by atoms with E-state index in [2.05, 4.69) is 0 Å². The smallest absolute Gasteiger partial charge is 0.345 e. The van der Waals surface area contributed by atoms with Gasteiger partial charge in [-0.1, -0.05) is 41.9 Å². The summed E-state index contributed by atoms with van der Waals surface area (Å²) < 4.78 is 5.42. The molecule has 0 fully saturated rings. The summed E-state index contributed by atoms with van der Waals surface area (Å²) in [6.45, 7) is 3.81. The van der Waals surface area contributed by atoms with Crippen molar-refractivity contribution in [1.29, 1.82) is 0 Å². The Kier molecular flexibility index (Phi) is 3.68. The summed E-state index contributed by atoms with van der Waals surface area (Å²) in [7, 11) is 0. The van der Waals surface area contributed by atoms with E-state index in [0.717, 1.165) is 11.1 Å². The number of aryl methyl sites for hydroxylation is 2. The molecule has 0 spiro atoms. The number of ether oxygens (including phenoxy) is 1. The summed E-state index contributed by atoms with van der Waals surface area (Å²) >= 11 is 5.96. The van der Waals surface area contributed by atoms with Crippen LogP contribution in [-0.4, -0.2) is 5.97 Å². The van der Waals surface area contributed by atoms with Crippen LogP contribution in [-0.2, 0) is 0 Å². The van der Waals surface area contributed by atoms with E-state index in [-0.39, 0.29) is 0 Å². The minimum Gasteiger partial charge on any atom is -0.422 e. The molecule has 0 amide bonds. The molecule has 0 aliphatic rings. The standard InChI is InChI=1S/C15H13ClO2/c1-10-6-5-7-11(2)14(10)18-15(17)12-8-3-4-9-13(12)16/h3-9H,1-2H3. The first-order chi connectivity index (χ1) is 8.59. The van der Waals surface area contributed by atoms with Crippen molar-refractivity contribution in [3.05, 3.63) is 64.2 Å². The molecule has 0 N–H and O–H groups in total. The van der Waals surface area contributed by atoms with Crippen LogP contribution < -0.4 is 4.74 Å². The minimum absolute atomic E-state index is 0.377. The molecule has 0 heterocycles. The fraction of sp³-hybridized carbons (Fsp3) is 0.133. The van der Waals surface area contributed by atoms with Gasteiger partial charge in [0.2, 0.25) is 0 Å². The van der Waals surface area contributed by atoms with Gasteiger partial charge in [0.15, 0.2) is 0 Å². The highest BCUT2D eigenvalue weighted by atomic mass is 35.5. The van der Waals surface area contributed by atoms with Gasteiger partial charge in [-0.2, -0.15) is 0 Å². The van der Waals surface area contributed by atoms with Crippen molar-refractivity contribution in [3.63, 3.8) is 0 Å². The first-order valence-corrected chi connectivity index (χ1v) is 6.00. The molecule has 3 heteroatoms. The Morgan fingerprint density at radius 2 is 1.61 bits per heavy atom. The molecule has 0 saturated heterocycles. The summed E-state index contributed by atoms with van der Waals surface area (Å²) in [5.74, 6) is 0.167. The van der Waals surface area contributed by atoms with Crippen molar-refractivity contribution in [3.8, 4) is 5.75 Å². The highest BCUT2D eigenvalue weighted by Crippen LogP contribution is 2.24. The molecule has 0 unspecified atom stereocenters. The second-order valence-electron chi connectivity index (χ2n) is 4.09. The molecule has 2 rings (SSSR count). The Morgan fingerprint density at radius 1 is 1.00 bits per heavy atom. The monoisotopic (exact) mass is 260 g/mol. The van der Waals surface area contributed by atoms with E-state index in [4.69, 9.17) is 16.3 Å². The molecule has 0 aromatic heterocycles. The van der Waals surface area contributed by atoms with Gasteiger partial charge in [-0.05, 0) is 37.1 Å². The van der Waals surface area contributed by atoms with Crippen LogP contribution in [0.5, 0.6) is 5.75 Å². The third-order valence-electron chi connectivity index (χ3n) is 2.70. The van der Waals surface area contributed by atoms with Crippen molar-refractivity contribution in [1.82, 2.24) is 0 Å². The summed E-state index contributed by atoms with van der Waals surface area (Å²) in [5, 5.41) is 0.397. The van der Waals surface area contributed by atoms with Gasteiger partial charge in [-0.15, -0.1) is 0 Å². The Bertz CT molecular complexity index is 571. The number of hydrogen-bond donors (Lipinski definition) is 0. The zero-order valence-corrected chi connectivity index (χ0v) is 11.0. The van der Waals surface area contributed by atoms with E-state index in [0.29, 0.717) is 16.3 Å². The van der Waals surface area contributed by atoms with Gasteiger partial charge in [0.25, 0.3) is 0 Å². The van der Waals surface area contributed by atoms with Crippen molar-refractivity contribution in [2.75, 3.05) is 0 Å². The fourth-order valence-electron chi connectivity index (χ4n) is 1.73. The fourth-order valence-corrected chi connectivity index (χ4v) is 1.95. The van der Waals surface area contributed by atoms with E-state index >= 15 is 0 Å². The second kappa shape index (κ2) is 5.23. The van der Waals surface area contributed by atoms with Crippen molar-refractivity contribution < 1.29 is 9.53 Å². The van der Waals surface area contributed by atoms with Gasteiger partial charge in [0.05, 0.1) is 10.6 Å². The molecule has 92 valence electrons. The molecule has 0 aliphatic carbocycles. The number of carbonyl (C=O) groups is 1. The lowest BCUT2D eigenvalue weighted by molar-refractivity contribution is 0.0732. The zero-order chi connectivity index (χ0) is 13.1. The predicted molar refractivity (Wildman–Crippen MR) is 72.3 cm³/mol. The maximum atomic E-state index is 12.0. The van der Waals surface area contributed by atoms with Crippen LogP contribution in [0.3, 0.4) is 0 Å². The van der Waals surface area contributed by atoms with Crippen molar-refractivity contribution in [2.24, 2.45) is 0 Å². The van der Waals surface area contributed by atoms with E-state index in [1.807, 2.05) is 32.0 Å². The van der Waals surface area contributed by atoms with E-state index in [1.54, 1.807) is 24.3 Å². The molecular formula is C15H13ClO2. The lowest BCUT2D eigenvalue weighted by atomic mass is 10.1. The molecule has 0 saturated carbocycles. The number of halogens is 1. The number of benzene rings is 2.